The molecule has 0 bridgehead atoms. The first kappa shape index (κ1) is 15.0. The number of benzene rings is 1. The van der Waals surface area contributed by atoms with Crippen LogP contribution in [0.3, 0.4) is 0 Å². The molecular formula is C17H15FN4OS. The van der Waals surface area contributed by atoms with Crippen LogP contribution in [0.15, 0.2) is 47.8 Å². The van der Waals surface area contributed by atoms with E-state index < -0.39 is 0 Å². The van der Waals surface area contributed by atoms with Gasteiger partial charge in [0.05, 0.1) is 12.2 Å². The van der Waals surface area contributed by atoms with Crippen molar-refractivity contribution in [1.29, 1.82) is 0 Å². The lowest BCUT2D eigenvalue weighted by atomic mass is 10.1. The van der Waals surface area contributed by atoms with Crippen molar-refractivity contribution >= 4 is 17.2 Å². The highest BCUT2D eigenvalue weighted by Gasteiger charge is 2.27. The summed E-state index contributed by atoms with van der Waals surface area (Å²) in [5.41, 5.74) is 1.94. The number of nitrogens with one attached hydrogen (secondary N) is 2. The van der Waals surface area contributed by atoms with Gasteiger partial charge in [-0.2, -0.15) is 5.10 Å². The number of hydrogen-bond acceptors (Lipinski definition) is 4. The Bertz CT molecular complexity index is 857. The summed E-state index contributed by atoms with van der Waals surface area (Å²) in [6, 6.07) is 11.9. The summed E-state index contributed by atoms with van der Waals surface area (Å²) in [6.45, 7) is 1.19. The molecule has 1 atom stereocenters. The molecule has 0 aliphatic carbocycles. The number of amides is 1. The summed E-state index contributed by atoms with van der Waals surface area (Å²) in [4.78, 5) is 13.3. The molecule has 122 valence electrons. The summed E-state index contributed by atoms with van der Waals surface area (Å²) in [7, 11) is 0. The van der Waals surface area contributed by atoms with Gasteiger partial charge >= 0.3 is 0 Å². The second-order valence-electron chi connectivity index (χ2n) is 5.55. The van der Waals surface area contributed by atoms with Crippen molar-refractivity contribution in [2.45, 2.75) is 12.7 Å². The van der Waals surface area contributed by atoms with E-state index in [1.807, 2.05) is 11.4 Å². The maximum atomic E-state index is 13.1. The van der Waals surface area contributed by atoms with E-state index in [1.165, 1.54) is 17.0 Å². The summed E-state index contributed by atoms with van der Waals surface area (Å²) in [6.07, 6.45) is -0.117. The largest absolute Gasteiger partial charge is 0.347 e. The van der Waals surface area contributed by atoms with E-state index in [2.05, 4.69) is 21.8 Å². The molecule has 0 unspecified atom stereocenters. The van der Waals surface area contributed by atoms with Crippen LogP contribution in [0.2, 0.25) is 0 Å². The number of nitrogens with zero attached hydrogens (tertiary/aromatic N) is 2. The average Bonchev–Trinajstić information content (AvgIpc) is 3.25. The molecule has 4 rings (SSSR count). The van der Waals surface area contributed by atoms with Crippen LogP contribution < -0.4 is 10.6 Å². The molecule has 2 N–H and O–H groups in total. The second-order valence-corrected chi connectivity index (χ2v) is 6.58. The van der Waals surface area contributed by atoms with Gasteiger partial charge in [0, 0.05) is 17.0 Å². The van der Waals surface area contributed by atoms with Gasteiger partial charge in [-0.1, -0.05) is 6.07 Å². The molecule has 1 aromatic carbocycles. The maximum absolute atomic E-state index is 13.1. The number of aromatic nitrogens is 2. The Morgan fingerprint density at radius 2 is 2.17 bits per heavy atom. The van der Waals surface area contributed by atoms with E-state index in [0.29, 0.717) is 24.5 Å². The van der Waals surface area contributed by atoms with Crippen molar-refractivity contribution in [3.8, 4) is 11.3 Å². The van der Waals surface area contributed by atoms with Crippen LogP contribution in [0.5, 0.6) is 0 Å². The fraction of sp³-hybridized carbons (Fsp3) is 0.176. The Hall–Kier alpha value is -2.51. The van der Waals surface area contributed by atoms with E-state index in [9.17, 15) is 9.18 Å². The topological polar surface area (TPSA) is 59.0 Å². The molecular weight excluding hydrogens is 327 g/mol. The minimum absolute atomic E-state index is 0.117. The monoisotopic (exact) mass is 342 g/mol. The molecule has 2 aromatic heterocycles. The Morgan fingerprint density at radius 1 is 1.33 bits per heavy atom. The van der Waals surface area contributed by atoms with Crippen molar-refractivity contribution in [3.05, 3.63) is 64.2 Å². The molecule has 7 heteroatoms. The zero-order chi connectivity index (χ0) is 16.5. The quantitative estimate of drug-likeness (QED) is 0.766. The van der Waals surface area contributed by atoms with Crippen molar-refractivity contribution < 1.29 is 9.18 Å². The zero-order valence-electron chi connectivity index (χ0n) is 12.7. The van der Waals surface area contributed by atoms with Crippen LogP contribution in [0, 0.1) is 5.82 Å². The molecule has 0 saturated carbocycles. The molecule has 3 aromatic rings. The highest BCUT2D eigenvalue weighted by molar-refractivity contribution is 7.09. The lowest BCUT2D eigenvalue weighted by molar-refractivity contribution is 0.0900. The molecule has 24 heavy (non-hydrogen) atoms. The Balaban J connectivity index is 1.62. The van der Waals surface area contributed by atoms with Crippen molar-refractivity contribution in [2.75, 3.05) is 6.54 Å². The molecule has 1 aliphatic rings. The molecule has 1 aliphatic heterocycles. The third-order valence-corrected chi connectivity index (χ3v) is 4.83. The van der Waals surface area contributed by atoms with Gasteiger partial charge in [-0.25, -0.2) is 9.07 Å². The standard InChI is InChI=1S/C17H15FN4OS/c18-12-5-3-11(4-6-12)14-8-15-17(23)20-10-16(22(15)21-14)19-9-13-2-1-7-24-13/h1-8,16,19H,9-10H2,(H,20,23)/t16-/m1/s1. The molecule has 5 nitrogen and oxygen atoms in total. The van der Waals surface area contributed by atoms with Crippen LogP contribution in [-0.2, 0) is 6.54 Å². The smallest absolute Gasteiger partial charge is 0.269 e. The van der Waals surface area contributed by atoms with Gasteiger partial charge in [-0.05, 0) is 41.8 Å². The molecule has 0 radical (unpaired) electrons. The van der Waals surface area contributed by atoms with Crippen LogP contribution in [0.4, 0.5) is 4.39 Å². The molecule has 0 spiro atoms. The number of rotatable bonds is 4. The van der Waals surface area contributed by atoms with E-state index in [0.717, 1.165) is 5.56 Å². The SMILES string of the molecule is O=C1NC[C@H](NCc2cccs2)n2nc(-c3ccc(F)cc3)cc21. The van der Waals surface area contributed by atoms with E-state index in [-0.39, 0.29) is 17.9 Å². The van der Waals surface area contributed by atoms with Gasteiger partial charge in [-0.3, -0.25) is 10.1 Å². The summed E-state index contributed by atoms with van der Waals surface area (Å²) < 4.78 is 14.8. The normalized spacial score (nSPS) is 16.7. The van der Waals surface area contributed by atoms with Crippen molar-refractivity contribution in [1.82, 2.24) is 20.4 Å². The predicted molar refractivity (Wildman–Crippen MR) is 90.1 cm³/mol. The van der Waals surface area contributed by atoms with Gasteiger partial charge in [0.15, 0.2) is 0 Å². The molecule has 3 heterocycles. The first-order chi connectivity index (χ1) is 11.7. The van der Waals surface area contributed by atoms with Crippen LogP contribution in [0.1, 0.15) is 21.5 Å². The van der Waals surface area contributed by atoms with Crippen molar-refractivity contribution in [3.63, 3.8) is 0 Å². The first-order valence-electron chi connectivity index (χ1n) is 7.60. The van der Waals surface area contributed by atoms with Gasteiger partial charge < -0.3 is 5.32 Å². The second kappa shape index (κ2) is 6.18. The van der Waals surface area contributed by atoms with Gasteiger partial charge in [0.25, 0.3) is 5.91 Å². The Labute approximate surface area is 142 Å². The highest BCUT2D eigenvalue weighted by Crippen LogP contribution is 2.23. The number of carbonyl (C=O) groups excluding carboxylic acids is 1. The zero-order valence-corrected chi connectivity index (χ0v) is 13.5. The van der Waals surface area contributed by atoms with E-state index in [1.54, 1.807) is 34.2 Å². The van der Waals surface area contributed by atoms with Gasteiger partial charge in [0.1, 0.15) is 17.7 Å². The maximum Gasteiger partial charge on any atom is 0.269 e. The lowest BCUT2D eigenvalue weighted by Crippen LogP contribution is -2.45. The fourth-order valence-electron chi connectivity index (χ4n) is 2.72. The number of halogens is 1. The number of fused-ring (bicyclic) bond motifs is 1. The highest BCUT2D eigenvalue weighted by atomic mass is 32.1. The summed E-state index contributed by atoms with van der Waals surface area (Å²) >= 11 is 1.68. The lowest BCUT2D eigenvalue weighted by Gasteiger charge is -2.25. The van der Waals surface area contributed by atoms with Crippen LogP contribution in [-0.4, -0.2) is 22.2 Å². The third kappa shape index (κ3) is 2.83. The van der Waals surface area contributed by atoms with Crippen LogP contribution in [0.25, 0.3) is 11.3 Å². The summed E-state index contributed by atoms with van der Waals surface area (Å²) in [5, 5.41) is 12.9. The first-order valence-corrected chi connectivity index (χ1v) is 8.48. The minimum Gasteiger partial charge on any atom is -0.347 e. The fourth-order valence-corrected chi connectivity index (χ4v) is 3.38. The van der Waals surface area contributed by atoms with E-state index in [4.69, 9.17) is 0 Å². The van der Waals surface area contributed by atoms with Gasteiger partial charge in [0.2, 0.25) is 0 Å². The average molecular weight is 342 g/mol. The molecule has 0 saturated heterocycles. The van der Waals surface area contributed by atoms with Crippen molar-refractivity contribution in [2.24, 2.45) is 0 Å². The Kier molecular flexibility index (Phi) is 3.87. The van der Waals surface area contributed by atoms with Gasteiger partial charge in [-0.15, -0.1) is 11.3 Å². The minimum atomic E-state index is -0.295. The summed E-state index contributed by atoms with van der Waals surface area (Å²) in [5.74, 6) is -0.444. The molecule has 1 amide bonds. The number of hydrogen-bond donors (Lipinski definition) is 2. The van der Waals surface area contributed by atoms with E-state index >= 15 is 0 Å². The third-order valence-electron chi connectivity index (χ3n) is 3.95. The van der Waals surface area contributed by atoms with Crippen LogP contribution >= 0.6 is 11.3 Å². The predicted octanol–water partition coefficient (Wildman–Crippen LogP) is 2.78. The Morgan fingerprint density at radius 3 is 2.92 bits per heavy atom. The molecule has 0 fully saturated rings. The number of carbonyl (C=O) groups is 1. The number of thiophene rings is 1.